The molecule has 21 heavy (non-hydrogen) atoms. The second-order valence-electron chi connectivity index (χ2n) is 5.84. The lowest BCUT2D eigenvalue weighted by atomic mass is 9.79. The predicted octanol–water partition coefficient (Wildman–Crippen LogP) is 2.75. The van der Waals surface area contributed by atoms with Crippen molar-refractivity contribution in [1.29, 1.82) is 0 Å². The van der Waals surface area contributed by atoms with Gasteiger partial charge < -0.3 is 5.11 Å². The summed E-state index contributed by atoms with van der Waals surface area (Å²) < 4.78 is 51.5. The highest BCUT2D eigenvalue weighted by Gasteiger charge is 2.50. The summed E-state index contributed by atoms with van der Waals surface area (Å²) in [5.41, 5.74) is -2.78. The third-order valence-electron chi connectivity index (χ3n) is 4.42. The molecule has 116 valence electrons. The fourth-order valence-electron chi connectivity index (χ4n) is 3.51. The summed E-state index contributed by atoms with van der Waals surface area (Å²) >= 11 is 0. The molecule has 0 aromatic carbocycles. The van der Waals surface area contributed by atoms with Gasteiger partial charge in [-0.1, -0.05) is 12.5 Å². The smallest absolute Gasteiger partial charge is 0.385 e. The Morgan fingerprint density at radius 3 is 2.48 bits per heavy atom. The molecule has 0 aliphatic carbocycles. The van der Waals surface area contributed by atoms with Crippen molar-refractivity contribution in [2.24, 2.45) is 0 Å². The van der Waals surface area contributed by atoms with Crippen molar-refractivity contribution in [2.75, 3.05) is 0 Å². The summed E-state index contributed by atoms with van der Waals surface area (Å²) in [6.45, 7) is 0. The van der Waals surface area contributed by atoms with Crippen LogP contribution in [0.3, 0.4) is 0 Å². The van der Waals surface area contributed by atoms with E-state index in [0.29, 0.717) is 12.8 Å². The van der Waals surface area contributed by atoms with Gasteiger partial charge in [0, 0.05) is 33.1 Å². The number of alkyl halides is 3. The molecule has 2 saturated heterocycles. The molecule has 0 amide bonds. The molecule has 1 N–H and O–H groups in total. The first-order valence-corrected chi connectivity index (χ1v) is 8.23. The first-order valence-electron chi connectivity index (χ1n) is 6.96. The Labute approximate surface area is 123 Å². The van der Waals surface area contributed by atoms with Gasteiger partial charge in [-0.25, -0.2) is 0 Å². The Hall–Kier alpha value is -0.950. The Kier molecular flexibility index (Phi) is 3.60. The van der Waals surface area contributed by atoms with Gasteiger partial charge in [0.2, 0.25) is 0 Å². The second-order valence-corrected chi connectivity index (χ2v) is 7.83. The highest BCUT2D eigenvalue weighted by Crippen LogP contribution is 2.47. The number of aliphatic hydroxyl groups is 1. The van der Waals surface area contributed by atoms with E-state index in [2.05, 4.69) is 4.98 Å². The quantitative estimate of drug-likeness (QED) is 0.866. The number of aromatic nitrogens is 1. The molecule has 0 radical (unpaired) electrons. The van der Waals surface area contributed by atoms with Gasteiger partial charge >= 0.3 is 6.18 Å². The van der Waals surface area contributed by atoms with Gasteiger partial charge in [0.25, 0.3) is 0 Å². The number of pyridine rings is 1. The molecule has 0 spiro atoms. The number of hydrogen-bond donors (Lipinski definition) is 1. The lowest BCUT2D eigenvalue weighted by Gasteiger charge is -2.44. The van der Waals surface area contributed by atoms with E-state index in [1.54, 1.807) is 0 Å². The fraction of sp³-hybridized carbons (Fsp3) is 0.643. The third-order valence-corrected chi connectivity index (χ3v) is 6.54. The van der Waals surface area contributed by atoms with Crippen LogP contribution in [0.2, 0.25) is 0 Å². The predicted molar refractivity (Wildman–Crippen MR) is 71.9 cm³/mol. The van der Waals surface area contributed by atoms with Gasteiger partial charge in [0.05, 0.1) is 5.60 Å². The zero-order valence-electron chi connectivity index (χ0n) is 11.3. The number of hydrogen-bond acceptors (Lipinski definition) is 3. The van der Waals surface area contributed by atoms with Crippen molar-refractivity contribution in [3.05, 3.63) is 29.6 Å². The lowest BCUT2D eigenvalue weighted by Crippen LogP contribution is -2.48. The lowest BCUT2D eigenvalue weighted by molar-refractivity contribution is -0.145. The summed E-state index contributed by atoms with van der Waals surface area (Å²) in [4.78, 5) is 3.42. The van der Waals surface area contributed by atoms with Crippen LogP contribution in [0.5, 0.6) is 0 Å². The van der Waals surface area contributed by atoms with Gasteiger partial charge in [-0.2, -0.15) is 13.2 Å². The topological polar surface area (TPSA) is 50.2 Å². The maximum Gasteiger partial charge on any atom is 0.433 e. The Bertz CT molecular complexity index is 560. The molecule has 2 fully saturated rings. The van der Waals surface area contributed by atoms with E-state index in [-0.39, 0.29) is 28.9 Å². The van der Waals surface area contributed by atoms with Crippen LogP contribution in [-0.4, -0.2) is 24.8 Å². The van der Waals surface area contributed by atoms with Crippen molar-refractivity contribution in [2.45, 2.75) is 54.4 Å². The van der Waals surface area contributed by atoms with Gasteiger partial charge in [-0.15, -0.1) is 0 Å². The second kappa shape index (κ2) is 5.05. The van der Waals surface area contributed by atoms with Crippen molar-refractivity contribution in [1.82, 2.24) is 4.98 Å². The first kappa shape index (κ1) is 15.0. The Balaban J connectivity index is 2.02. The molecule has 2 bridgehead atoms. The summed E-state index contributed by atoms with van der Waals surface area (Å²) in [5.74, 6) is 0. The van der Waals surface area contributed by atoms with E-state index in [1.165, 1.54) is 12.1 Å². The van der Waals surface area contributed by atoms with E-state index in [0.717, 1.165) is 12.6 Å². The minimum Gasteiger partial charge on any atom is -0.385 e. The molecule has 1 aromatic rings. The van der Waals surface area contributed by atoms with Gasteiger partial charge in [0.1, 0.15) is 5.69 Å². The average molecular weight is 319 g/mol. The largest absolute Gasteiger partial charge is 0.433 e. The molecule has 7 heteroatoms. The Morgan fingerprint density at radius 1 is 1.29 bits per heavy atom. The third kappa shape index (κ3) is 2.61. The van der Waals surface area contributed by atoms with Crippen LogP contribution < -0.4 is 0 Å². The zero-order chi connectivity index (χ0) is 15.3. The number of nitrogens with zero attached hydrogens (tertiary/aromatic N) is 1. The SMILES string of the molecule is O=S1C2CCCC1CC(O)(c1cccnc1C(F)(F)F)C2. The van der Waals surface area contributed by atoms with E-state index in [1.807, 2.05) is 0 Å². The average Bonchev–Trinajstić information content (AvgIpc) is 2.40. The number of halogens is 3. The minimum absolute atomic E-state index is 0.116. The van der Waals surface area contributed by atoms with Crippen LogP contribution >= 0.6 is 0 Å². The monoisotopic (exact) mass is 319 g/mol. The van der Waals surface area contributed by atoms with Crippen LogP contribution in [0.25, 0.3) is 0 Å². The van der Waals surface area contributed by atoms with Crippen LogP contribution in [0.1, 0.15) is 43.4 Å². The highest BCUT2D eigenvalue weighted by molar-refractivity contribution is 7.86. The minimum atomic E-state index is -4.60. The summed E-state index contributed by atoms with van der Waals surface area (Å²) in [6.07, 6.45) is -0.957. The van der Waals surface area contributed by atoms with Crippen LogP contribution in [0.4, 0.5) is 13.2 Å². The molecule has 3 heterocycles. The molecule has 0 saturated carbocycles. The molecule has 1 aromatic heterocycles. The summed E-state index contributed by atoms with van der Waals surface area (Å²) in [5, 5.41) is 10.4. The molecular formula is C14H16F3NO2S. The maximum atomic E-state index is 13.1. The normalized spacial score (nSPS) is 36.5. The van der Waals surface area contributed by atoms with Crippen molar-refractivity contribution < 1.29 is 22.5 Å². The molecule has 2 unspecified atom stereocenters. The van der Waals surface area contributed by atoms with E-state index < -0.39 is 28.3 Å². The first-order chi connectivity index (χ1) is 9.81. The standard InChI is InChI=1S/C14H16F3NO2S/c15-14(16,17)12-11(5-2-6-18-12)13(19)7-9-3-1-4-10(8-13)21(9)20/h2,5-6,9-10,19H,1,3-4,7-8H2. The van der Waals surface area contributed by atoms with E-state index in [4.69, 9.17) is 0 Å². The highest BCUT2D eigenvalue weighted by atomic mass is 32.2. The van der Waals surface area contributed by atoms with Crippen LogP contribution in [-0.2, 0) is 22.6 Å². The van der Waals surface area contributed by atoms with E-state index in [9.17, 15) is 22.5 Å². The zero-order valence-corrected chi connectivity index (χ0v) is 12.1. The molecular weight excluding hydrogens is 303 g/mol. The number of fused-ring (bicyclic) bond motifs is 2. The summed E-state index contributed by atoms with van der Waals surface area (Å²) in [7, 11) is -1.05. The van der Waals surface area contributed by atoms with Crippen molar-refractivity contribution in [3.63, 3.8) is 0 Å². The van der Waals surface area contributed by atoms with Crippen molar-refractivity contribution >= 4 is 10.8 Å². The van der Waals surface area contributed by atoms with Crippen molar-refractivity contribution in [3.8, 4) is 0 Å². The Morgan fingerprint density at radius 2 is 1.90 bits per heavy atom. The van der Waals surface area contributed by atoms with Gasteiger partial charge in [-0.3, -0.25) is 9.19 Å². The maximum absolute atomic E-state index is 13.1. The summed E-state index contributed by atoms with van der Waals surface area (Å²) in [6, 6.07) is 2.70. The van der Waals surface area contributed by atoms with Gasteiger partial charge in [0.15, 0.2) is 0 Å². The molecule has 3 nitrogen and oxygen atoms in total. The van der Waals surface area contributed by atoms with E-state index >= 15 is 0 Å². The van der Waals surface area contributed by atoms with Gasteiger partial charge in [-0.05, 0) is 31.7 Å². The fourth-order valence-corrected chi connectivity index (χ4v) is 5.73. The molecule has 3 rings (SSSR count). The molecule has 2 atom stereocenters. The number of rotatable bonds is 1. The van der Waals surface area contributed by atoms with Crippen LogP contribution in [0, 0.1) is 0 Å². The molecule has 2 aliphatic heterocycles. The van der Waals surface area contributed by atoms with Crippen LogP contribution in [0.15, 0.2) is 18.3 Å². The molecule has 2 aliphatic rings.